The first-order chi connectivity index (χ1) is 9.58. The summed E-state index contributed by atoms with van der Waals surface area (Å²) in [5, 5.41) is 11.5. The molecule has 1 N–H and O–H groups in total. The van der Waals surface area contributed by atoms with Crippen LogP contribution in [0.3, 0.4) is 0 Å². The van der Waals surface area contributed by atoms with E-state index in [1.807, 2.05) is 11.8 Å². The van der Waals surface area contributed by atoms with Gasteiger partial charge in [-0.15, -0.1) is 0 Å². The minimum atomic E-state index is -0.433. The number of benzene rings is 1. The van der Waals surface area contributed by atoms with E-state index in [4.69, 9.17) is 5.26 Å². The van der Waals surface area contributed by atoms with E-state index in [-0.39, 0.29) is 24.1 Å². The van der Waals surface area contributed by atoms with E-state index in [9.17, 15) is 9.18 Å². The number of amides is 1. The van der Waals surface area contributed by atoms with Crippen LogP contribution >= 0.6 is 0 Å². The molecule has 0 saturated carbocycles. The Balaban J connectivity index is 1.92. The third kappa shape index (κ3) is 3.78. The van der Waals surface area contributed by atoms with Gasteiger partial charge in [0, 0.05) is 6.54 Å². The highest BCUT2D eigenvalue weighted by Gasteiger charge is 2.21. The second kappa shape index (κ2) is 6.49. The number of piperidine rings is 1. The van der Waals surface area contributed by atoms with Crippen molar-refractivity contribution >= 4 is 11.6 Å². The number of likely N-dealkylation sites (tertiary alicyclic amines) is 1. The lowest BCUT2D eigenvalue weighted by molar-refractivity contribution is -0.117. The molecule has 1 aromatic rings. The van der Waals surface area contributed by atoms with Gasteiger partial charge in [-0.3, -0.25) is 9.69 Å². The molecule has 0 spiro atoms. The molecule has 0 radical (unpaired) electrons. The van der Waals surface area contributed by atoms with Crippen molar-refractivity contribution in [3.05, 3.63) is 29.6 Å². The number of nitrogens with zero attached hydrogens (tertiary/aromatic N) is 2. The molecule has 5 heteroatoms. The van der Waals surface area contributed by atoms with Gasteiger partial charge in [0.15, 0.2) is 0 Å². The van der Waals surface area contributed by atoms with Crippen molar-refractivity contribution in [2.45, 2.75) is 19.8 Å². The van der Waals surface area contributed by atoms with Crippen LogP contribution in [0.25, 0.3) is 0 Å². The number of nitrogens with one attached hydrogen (secondary N) is 1. The monoisotopic (exact) mass is 275 g/mol. The molecule has 20 heavy (non-hydrogen) atoms. The first-order valence-corrected chi connectivity index (χ1v) is 6.76. The molecule has 1 aliphatic heterocycles. The third-order valence-corrected chi connectivity index (χ3v) is 3.45. The summed E-state index contributed by atoms with van der Waals surface area (Å²) in [6.07, 6.45) is 1.81. The van der Waals surface area contributed by atoms with Crippen LogP contribution in [-0.4, -0.2) is 30.4 Å². The van der Waals surface area contributed by atoms with E-state index < -0.39 is 5.82 Å². The highest BCUT2D eigenvalue weighted by atomic mass is 19.1. The zero-order valence-electron chi connectivity index (χ0n) is 11.5. The van der Waals surface area contributed by atoms with E-state index >= 15 is 0 Å². The van der Waals surface area contributed by atoms with E-state index in [1.54, 1.807) is 12.1 Å². The molecule has 1 aliphatic rings. The Labute approximate surface area is 118 Å². The summed E-state index contributed by atoms with van der Waals surface area (Å²) < 4.78 is 13.6. The fourth-order valence-corrected chi connectivity index (χ4v) is 2.43. The summed E-state index contributed by atoms with van der Waals surface area (Å²) in [5.41, 5.74) is 1.10. The number of hydrogen-bond acceptors (Lipinski definition) is 3. The number of hydrogen-bond donors (Lipinski definition) is 1. The highest BCUT2D eigenvalue weighted by molar-refractivity contribution is 5.92. The predicted octanol–water partition coefficient (Wildman–Crippen LogP) is 2.31. The summed E-state index contributed by atoms with van der Waals surface area (Å²) in [6.45, 7) is 3.46. The Bertz CT molecular complexity index is 538. The number of halogens is 1. The Kier molecular flexibility index (Phi) is 4.70. The van der Waals surface area contributed by atoms with E-state index in [0.717, 1.165) is 24.9 Å². The third-order valence-electron chi connectivity index (χ3n) is 3.45. The molecule has 1 fully saturated rings. The van der Waals surface area contributed by atoms with Crippen LogP contribution in [0.15, 0.2) is 18.2 Å². The Morgan fingerprint density at radius 1 is 1.60 bits per heavy atom. The first-order valence-electron chi connectivity index (χ1n) is 6.76. The molecule has 4 nitrogen and oxygen atoms in total. The molecule has 0 bridgehead atoms. The molecule has 1 saturated heterocycles. The van der Waals surface area contributed by atoms with Crippen LogP contribution in [0.4, 0.5) is 10.1 Å². The maximum absolute atomic E-state index is 13.6. The van der Waals surface area contributed by atoms with Crippen molar-refractivity contribution in [2.24, 2.45) is 5.92 Å². The zero-order valence-corrected chi connectivity index (χ0v) is 11.5. The van der Waals surface area contributed by atoms with Gasteiger partial charge >= 0.3 is 0 Å². The van der Waals surface area contributed by atoms with Gasteiger partial charge in [-0.1, -0.05) is 6.07 Å². The maximum atomic E-state index is 13.6. The number of aryl methyl sites for hydroxylation is 1. The molecule has 106 valence electrons. The smallest absolute Gasteiger partial charge is 0.238 e. The topological polar surface area (TPSA) is 56.1 Å². The van der Waals surface area contributed by atoms with Gasteiger partial charge in [-0.2, -0.15) is 5.26 Å². The molecule has 1 amide bonds. The molecule has 1 heterocycles. The van der Waals surface area contributed by atoms with Crippen LogP contribution < -0.4 is 5.32 Å². The minimum absolute atomic E-state index is 0.00717. The average molecular weight is 275 g/mol. The lowest BCUT2D eigenvalue weighted by atomic mass is 10.00. The highest BCUT2D eigenvalue weighted by Crippen LogP contribution is 2.17. The molecule has 1 atom stereocenters. The molecule has 1 aromatic carbocycles. The van der Waals surface area contributed by atoms with Crippen molar-refractivity contribution in [1.29, 1.82) is 5.26 Å². The Morgan fingerprint density at radius 2 is 2.40 bits per heavy atom. The van der Waals surface area contributed by atoms with E-state index in [2.05, 4.69) is 11.4 Å². The molecule has 2 rings (SSSR count). The van der Waals surface area contributed by atoms with Crippen molar-refractivity contribution in [3.63, 3.8) is 0 Å². The second-order valence-corrected chi connectivity index (χ2v) is 5.23. The average Bonchev–Trinajstić information content (AvgIpc) is 2.43. The van der Waals surface area contributed by atoms with Gasteiger partial charge in [0.05, 0.1) is 24.2 Å². The fourth-order valence-electron chi connectivity index (χ4n) is 2.43. The van der Waals surface area contributed by atoms with Crippen LogP contribution in [0, 0.1) is 30.0 Å². The molecule has 0 aliphatic carbocycles. The van der Waals surface area contributed by atoms with Crippen molar-refractivity contribution < 1.29 is 9.18 Å². The van der Waals surface area contributed by atoms with Crippen LogP contribution in [-0.2, 0) is 4.79 Å². The summed E-state index contributed by atoms with van der Waals surface area (Å²) >= 11 is 0. The van der Waals surface area contributed by atoms with Crippen molar-refractivity contribution in [2.75, 3.05) is 25.0 Å². The predicted molar refractivity (Wildman–Crippen MR) is 74.5 cm³/mol. The quantitative estimate of drug-likeness (QED) is 0.921. The molecule has 1 unspecified atom stereocenters. The SMILES string of the molecule is Cc1ccc(F)c(NC(=O)CN2CCCC(C#N)C2)c1. The molecule has 0 aromatic heterocycles. The summed E-state index contributed by atoms with van der Waals surface area (Å²) in [5.74, 6) is -0.683. The number of rotatable bonds is 3. The van der Waals surface area contributed by atoms with Crippen molar-refractivity contribution in [3.8, 4) is 6.07 Å². The van der Waals surface area contributed by atoms with Gasteiger partial charge < -0.3 is 5.32 Å². The van der Waals surface area contributed by atoms with Crippen LogP contribution in [0.2, 0.25) is 0 Å². The van der Waals surface area contributed by atoms with Gasteiger partial charge in [0.2, 0.25) is 5.91 Å². The van der Waals surface area contributed by atoms with Crippen LogP contribution in [0.1, 0.15) is 18.4 Å². The standard InChI is InChI=1S/C15H18FN3O/c1-11-4-5-13(16)14(7-11)18-15(20)10-19-6-2-3-12(8-17)9-19/h4-5,7,12H,2-3,6,9-10H2,1H3,(H,18,20). The minimum Gasteiger partial charge on any atom is -0.322 e. The van der Waals surface area contributed by atoms with Crippen molar-refractivity contribution in [1.82, 2.24) is 4.90 Å². The summed E-state index contributed by atoms with van der Waals surface area (Å²) in [6, 6.07) is 6.86. The second-order valence-electron chi connectivity index (χ2n) is 5.23. The van der Waals surface area contributed by atoms with Crippen LogP contribution in [0.5, 0.6) is 0 Å². The number of carbonyl (C=O) groups is 1. The lowest BCUT2D eigenvalue weighted by Crippen LogP contribution is -2.40. The number of nitriles is 1. The first kappa shape index (κ1) is 14.5. The fraction of sp³-hybridized carbons (Fsp3) is 0.467. The molecular formula is C15H18FN3O. The van der Waals surface area contributed by atoms with Gasteiger partial charge in [-0.25, -0.2) is 4.39 Å². The maximum Gasteiger partial charge on any atom is 0.238 e. The largest absolute Gasteiger partial charge is 0.322 e. The zero-order chi connectivity index (χ0) is 14.5. The number of carbonyl (C=O) groups excluding carboxylic acids is 1. The van der Waals surface area contributed by atoms with Gasteiger partial charge in [0.1, 0.15) is 5.82 Å². The normalized spacial score (nSPS) is 19.4. The Morgan fingerprint density at radius 3 is 3.15 bits per heavy atom. The molecular weight excluding hydrogens is 257 g/mol. The van der Waals surface area contributed by atoms with Gasteiger partial charge in [-0.05, 0) is 44.0 Å². The van der Waals surface area contributed by atoms with E-state index in [0.29, 0.717) is 6.54 Å². The summed E-state index contributed by atoms with van der Waals surface area (Å²) in [7, 11) is 0. The Hall–Kier alpha value is -1.93. The van der Waals surface area contributed by atoms with Gasteiger partial charge in [0.25, 0.3) is 0 Å². The lowest BCUT2D eigenvalue weighted by Gasteiger charge is -2.28. The number of anilines is 1. The van der Waals surface area contributed by atoms with E-state index in [1.165, 1.54) is 6.07 Å². The summed E-state index contributed by atoms with van der Waals surface area (Å²) in [4.78, 5) is 13.9.